The molecule has 1 aliphatic rings. The number of aromatic nitrogens is 2. The van der Waals surface area contributed by atoms with Crippen LogP contribution in [-0.2, 0) is 16.6 Å². The second-order valence-electron chi connectivity index (χ2n) is 7.33. The molecule has 138 valence electrons. The number of hydrogen-bond acceptors (Lipinski definition) is 4. The molecule has 0 radical (unpaired) electrons. The van der Waals surface area contributed by atoms with Crippen molar-refractivity contribution in [1.29, 1.82) is 0 Å². The highest BCUT2D eigenvalue weighted by Gasteiger charge is 2.38. The fourth-order valence-electron chi connectivity index (χ4n) is 3.59. The van der Waals surface area contributed by atoms with Gasteiger partial charge >= 0.3 is 0 Å². The Balaban J connectivity index is 1.68. The molecule has 1 atom stereocenters. The van der Waals surface area contributed by atoms with E-state index in [0.717, 1.165) is 16.8 Å². The number of amides is 1. The molecule has 1 aromatic heterocycles. The smallest absolute Gasteiger partial charge is 0.250 e. The molecule has 0 unspecified atom stereocenters. The largest absolute Gasteiger partial charge is 0.337 e. The molecule has 0 spiro atoms. The number of carbonyl (C=O) groups is 1. The second kappa shape index (κ2) is 6.50. The topological polar surface area (TPSA) is 59.2 Å². The highest BCUT2D eigenvalue weighted by molar-refractivity contribution is 6.30. The van der Waals surface area contributed by atoms with E-state index >= 15 is 0 Å². The average molecular weight is 382 g/mol. The summed E-state index contributed by atoms with van der Waals surface area (Å²) >= 11 is 6.00. The lowest BCUT2D eigenvalue weighted by atomic mass is 9.84. The molecule has 3 aromatic rings. The summed E-state index contributed by atoms with van der Waals surface area (Å²) in [6.45, 7) is 5.64. The lowest BCUT2D eigenvalue weighted by molar-refractivity contribution is -0.117. The normalized spacial score (nSPS) is 16.4. The zero-order valence-electron chi connectivity index (χ0n) is 15.4. The first-order valence-electron chi connectivity index (χ1n) is 8.86. The van der Waals surface area contributed by atoms with Crippen LogP contribution < -0.4 is 4.90 Å². The SMILES string of the molecule is CC(=O)N1c2ccccc2C[C@H]1c1nc(C(C)(C)c2ccc(Cl)cc2)no1. The first kappa shape index (κ1) is 17.7. The van der Waals surface area contributed by atoms with Gasteiger partial charge in [0.1, 0.15) is 6.04 Å². The first-order chi connectivity index (χ1) is 12.9. The number of hydrogen-bond donors (Lipinski definition) is 0. The van der Waals surface area contributed by atoms with Crippen LogP contribution in [0.4, 0.5) is 5.69 Å². The van der Waals surface area contributed by atoms with Gasteiger partial charge in [-0.05, 0) is 43.2 Å². The molecule has 27 heavy (non-hydrogen) atoms. The molecule has 0 aliphatic carbocycles. The number of anilines is 1. The van der Waals surface area contributed by atoms with Crippen molar-refractivity contribution in [3.05, 3.63) is 76.4 Å². The van der Waals surface area contributed by atoms with E-state index in [1.807, 2.05) is 62.4 Å². The fourth-order valence-corrected chi connectivity index (χ4v) is 3.72. The molecule has 6 heteroatoms. The Bertz CT molecular complexity index is 995. The van der Waals surface area contributed by atoms with Gasteiger partial charge in [0.25, 0.3) is 0 Å². The van der Waals surface area contributed by atoms with E-state index in [0.29, 0.717) is 23.2 Å². The van der Waals surface area contributed by atoms with E-state index in [9.17, 15) is 4.79 Å². The van der Waals surface area contributed by atoms with E-state index in [2.05, 4.69) is 10.1 Å². The number of benzene rings is 2. The lowest BCUT2D eigenvalue weighted by Gasteiger charge is -2.22. The molecule has 0 N–H and O–H groups in total. The molecule has 0 bridgehead atoms. The maximum Gasteiger partial charge on any atom is 0.250 e. The molecular weight excluding hydrogens is 362 g/mol. The van der Waals surface area contributed by atoms with Gasteiger partial charge in [-0.3, -0.25) is 9.69 Å². The highest BCUT2D eigenvalue weighted by atomic mass is 35.5. The Morgan fingerprint density at radius 2 is 1.89 bits per heavy atom. The summed E-state index contributed by atoms with van der Waals surface area (Å²) in [5.74, 6) is 0.999. The van der Waals surface area contributed by atoms with Gasteiger partial charge in [0.2, 0.25) is 11.8 Å². The van der Waals surface area contributed by atoms with E-state index < -0.39 is 5.41 Å². The summed E-state index contributed by atoms with van der Waals surface area (Å²) in [6.07, 6.45) is 0.665. The van der Waals surface area contributed by atoms with E-state index in [1.165, 1.54) is 0 Å². The van der Waals surface area contributed by atoms with Gasteiger partial charge in [-0.15, -0.1) is 0 Å². The Kier molecular flexibility index (Phi) is 4.27. The van der Waals surface area contributed by atoms with E-state index in [4.69, 9.17) is 16.1 Å². The van der Waals surface area contributed by atoms with Crippen LogP contribution in [0.2, 0.25) is 5.02 Å². The molecule has 2 heterocycles. The number of nitrogens with zero attached hydrogens (tertiary/aromatic N) is 3. The van der Waals surface area contributed by atoms with Crippen molar-refractivity contribution < 1.29 is 9.32 Å². The van der Waals surface area contributed by atoms with E-state index in [1.54, 1.807) is 11.8 Å². The maximum atomic E-state index is 12.3. The van der Waals surface area contributed by atoms with Gasteiger partial charge in [0.05, 0.1) is 5.41 Å². The summed E-state index contributed by atoms with van der Waals surface area (Å²) in [6, 6.07) is 15.2. The van der Waals surface area contributed by atoms with Gasteiger partial charge in [-0.25, -0.2) is 0 Å². The molecule has 4 rings (SSSR count). The van der Waals surface area contributed by atoms with Crippen LogP contribution in [0, 0.1) is 0 Å². The van der Waals surface area contributed by atoms with Gasteiger partial charge in [-0.1, -0.05) is 47.1 Å². The Morgan fingerprint density at radius 3 is 2.59 bits per heavy atom. The molecule has 0 saturated carbocycles. The van der Waals surface area contributed by atoms with Gasteiger partial charge in [-0.2, -0.15) is 4.98 Å². The number of carbonyl (C=O) groups excluding carboxylic acids is 1. The van der Waals surface area contributed by atoms with Crippen LogP contribution in [-0.4, -0.2) is 16.0 Å². The van der Waals surface area contributed by atoms with Crippen LogP contribution in [0.1, 0.15) is 49.7 Å². The van der Waals surface area contributed by atoms with Crippen molar-refractivity contribution in [2.45, 2.75) is 38.6 Å². The molecule has 1 aliphatic heterocycles. The van der Waals surface area contributed by atoms with Gasteiger partial charge in [0, 0.05) is 24.1 Å². The van der Waals surface area contributed by atoms with Crippen molar-refractivity contribution in [2.24, 2.45) is 0 Å². The molecular formula is C21H20ClN3O2. The van der Waals surface area contributed by atoms with Crippen molar-refractivity contribution in [3.63, 3.8) is 0 Å². The predicted octanol–water partition coefficient (Wildman–Crippen LogP) is 4.70. The Morgan fingerprint density at radius 1 is 1.19 bits per heavy atom. The van der Waals surface area contributed by atoms with E-state index in [-0.39, 0.29) is 11.9 Å². The Hall–Kier alpha value is -2.66. The minimum atomic E-state index is -0.446. The molecule has 5 nitrogen and oxygen atoms in total. The van der Waals surface area contributed by atoms with Crippen LogP contribution in [0.15, 0.2) is 53.1 Å². The quantitative estimate of drug-likeness (QED) is 0.659. The third kappa shape index (κ3) is 3.02. The van der Waals surface area contributed by atoms with Gasteiger partial charge in [0.15, 0.2) is 5.82 Å². The maximum absolute atomic E-state index is 12.3. The zero-order chi connectivity index (χ0) is 19.2. The average Bonchev–Trinajstić information content (AvgIpc) is 3.27. The molecule has 0 saturated heterocycles. The molecule has 0 fully saturated rings. The lowest BCUT2D eigenvalue weighted by Crippen LogP contribution is -2.30. The standard InChI is InChI=1S/C21H20ClN3O2/c1-13(26)25-17-7-5-4-6-14(17)12-18(25)19-23-20(24-27-19)21(2,3)15-8-10-16(22)11-9-15/h4-11,18H,12H2,1-3H3/t18-/m0/s1. The summed E-state index contributed by atoms with van der Waals surface area (Å²) in [5, 5.41) is 4.92. The number of rotatable bonds is 3. The molecule has 1 amide bonds. The minimum Gasteiger partial charge on any atom is -0.337 e. The number of halogens is 1. The number of para-hydroxylation sites is 1. The van der Waals surface area contributed by atoms with Crippen LogP contribution >= 0.6 is 11.6 Å². The van der Waals surface area contributed by atoms with Crippen molar-refractivity contribution in [2.75, 3.05) is 4.90 Å². The minimum absolute atomic E-state index is 0.0401. The number of fused-ring (bicyclic) bond motifs is 1. The fraction of sp³-hybridized carbons (Fsp3) is 0.286. The summed E-state index contributed by atoms with van der Waals surface area (Å²) in [5.41, 5.74) is 2.61. The zero-order valence-corrected chi connectivity index (χ0v) is 16.2. The van der Waals surface area contributed by atoms with Crippen LogP contribution in [0.5, 0.6) is 0 Å². The predicted molar refractivity (Wildman–Crippen MR) is 104 cm³/mol. The van der Waals surface area contributed by atoms with Crippen LogP contribution in [0.25, 0.3) is 0 Å². The van der Waals surface area contributed by atoms with Gasteiger partial charge < -0.3 is 4.52 Å². The first-order valence-corrected chi connectivity index (χ1v) is 9.23. The van der Waals surface area contributed by atoms with Crippen molar-refractivity contribution in [3.8, 4) is 0 Å². The highest BCUT2D eigenvalue weighted by Crippen LogP contribution is 2.40. The third-order valence-electron chi connectivity index (χ3n) is 5.17. The summed E-state index contributed by atoms with van der Waals surface area (Å²) in [7, 11) is 0. The third-order valence-corrected chi connectivity index (χ3v) is 5.42. The van der Waals surface area contributed by atoms with Crippen LogP contribution in [0.3, 0.4) is 0 Å². The second-order valence-corrected chi connectivity index (χ2v) is 7.76. The summed E-state index contributed by atoms with van der Waals surface area (Å²) < 4.78 is 5.61. The van der Waals surface area contributed by atoms with Crippen molar-refractivity contribution in [1.82, 2.24) is 10.1 Å². The molecule has 2 aromatic carbocycles. The monoisotopic (exact) mass is 381 g/mol. The Labute approximate surface area is 163 Å². The van der Waals surface area contributed by atoms with Crippen molar-refractivity contribution >= 4 is 23.2 Å². The summed E-state index contributed by atoms with van der Waals surface area (Å²) in [4.78, 5) is 18.7.